The molecule has 0 saturated heterocycles. The molecule has 128 valence electrons. The lowest BCUT2D eigenvalue weighted by atomic mass is 10.2. The fourth-order valence-electron chi connectivity index (χ4n) is 2.30. The predicted octanol–water partition coefficient (Wildman–Crippen LogP) is 3.39. The molecule has 1 amide bonds. The van der Waals surface area contributed by atoms with Crippen molar-refractivity contribution in [2.45, 2.75) is 11.8 Å². The van der Waals surface area contributed by atoms with Crippen LogP contribution in [0.15, 0.2) is 57.1 Å². The summed E-state index contributed by atoms with van der Waals surface area (Å²) in [4.78, 5) is 17.5. The first-order valence-corrected chi connectivity index (χ1v) is 8.58. The van der Waals surface area contributed by atoms with Gasteiger partial charge in [0.2, 0.25) is 5.91 Å². The zero-order chi connectivity index (χ0) is 17.6. The van der Waals surface area contributed by atoms with Crippen LogP contribution in [-0.4, -0.2) is 30.0 Å². The van der Waals surface area contributed by atoms with Crippen LogP contribution < -0.4 is 10.2 Å². The number of ether oxygens (including phenoxy) is 1. The second kappa shape index (κ2) is 7.85. The summed E-state index contributed by atoms with van der Waals surface area (Å²) in [6, 6.07) is 11.2. The topological polar surface area (TPSA) is 76.7 Å². The minimum absolute atomic E-state index is 0.196. The first-order valence-electron chi connectivity index (χ1n) is 7.60. The summed E-state index contributed by atoms with van der Waals surface area (Å²) < 4.78 is 10.5. The highest BCUT2D eigenvalue weighted by Gasteiger charge is 2.10. The molecule has 1 aromatic carbocycles. The quantitative estimate of drug-likeness (QED) is 0.417. The monoisotopic (exact) mass is 355 g/mol. The maximum atomic E-state index is 12.0. The molecular weight excluding hydrogens is 338 g/mol. The smallest absolute Gasteiger partial charge is 0.250 e. The third kappa shape index (κ3) is 4.19. The van der Waals surface area contributed by atoms with E-state index in [1.807, 2.05) is 31.2 Å². The third-order valence-electron chi connectivity index (χ3n) is 3.40. The number of thioether (sulfide) groups is 1. The zero-order valence-corrected chi connectivity index (χ0v) is 14.7. The number of hydrogen-bond donors (Lipinski definition) is 1. The van der Waals surface area contributed by atoms with Crippen molar-refractivity contribution < 1.29 is 13.9 Å². The molecule has 7 heteroatoms. The van der Waals surface area contributed by atoms with E-state index in [-0.39, 0.29) is 11.7 Å². The van der Waals surface area contributed by atoms with Crippen LogP contribution in [0.1, 0.15) is 11.5 Å². The number of amides is 1. The summed E-state index contributed by atoms with van der Waals surface area (Å²) in [6.45, 7) is 1.92. The Morgan fingerprint density at radius 3 is 3.04 bits per heavy atom. The molecule has 3 rings (SSSR count). The van der Waals surface area contributed by atoms with Crippen molar-refractivity contribution in [3.8, 4) is 5.75 Å². The van der Waals surface area contributed by atoms with Crippen LogP contribution in [0.5, 0.6) is 5.75 Å². The van der Waals surface area contributed by atoms with E-state index in [0.717, 1.165) is 27.2 Å². The molecule has 0 aliphatic heterocycles. The number of hydrogen-bond acceptors (Lipinski definition) is 6. The van der Waals surface area contributed by atoms with E-state index in [9.17, 15) is 4.79 Å². The molecule has 0 aliphatic carbocycles. The van der Waals surface area contributed by atoms with Gasteiger partial charge in [-0.15, -0.1) is 11.8 Å². The second-order valence-corrected chi connectivity index (χ2v) is 6.23. The van der Waals surface area contributed by atoms with Gasteiger partial charge in [0.25, 0.3) is 0 Å². The number of nitrogens with zero attached hydrogens (tertiary/aromatic N) is 2. The van der Waals surface area contributed by atoms with Gasteiger partial charge < -0.3 is 9.15 Å². The van der Waals surface area contributed by atoms with Crippen molar-refractivity contribution in [2.75, 3.05) is 12.9 Å². The van der Waals surface area contributed by atoms with Crippen LogP contribution in [0.2, 0.25) is 0 Å². The minimum atomic E-state index is -0.196. The number of nitrogens with one attached hydrogen (secondary N) is 1. The fraction of sp³-hybridized carbons (Fsp3) is 0.167. The van der Waals surface area contributed by atoms with Crippen molar-refractivity contribution in [2.24, 2.45) is 5.10 Å². The van der Waals surface area contributed by atoms with Crippen molar-refractivity contribution in [1.29, 1.82) is 0 Å². The number of fused-ring (bicyclic) bond motifs is 1. The van der Waals surface area contributed by atoms with Gasteiger partial charge >= 0.3 is 0 Å². The lowest BCUT2D eigenvalue weighted by molar-refractivity contribution is -0.118. The van der Waals surface area contributed by atoms with E-state index in [2.05, 4.69) is 15.5 Å². The van der Waals surface area contributed by atoms with Crippen LogP contribution in [0.25, 0.3) is 10.9 Å². The number of carbonyl (C=O) groups excluding carboxylic acids is 1. The van der Waals surface area contributed by atoms with E-state index in [0.29, 0.717) is 5.76 Å². The number of methoxy groups -OCH3 is 1. The number of aryl methyl sites for hydroxylation is 1. The number of furan rings is 1. The van der Waals surface area contributed by atoms with Gasteiger partial charge in [0.1, 0.15) is 17.0 Å². The van der Waals surface area contributed by atoms with Gasteiger partial charge in [-0.05, 0) is 31.2 Å². The standard InChI is InChI=1S/C18H17N3O3S/c1-12-9-16(14-6-3-7-15(23-2)18(14)20-12)25-11-17(22)21-19-10-13-5-4-8-24-13/h3-10H,11H2,1-2H3,(H,21,22)/b19-10-. The van der Waals surface area contributed by atoms with Crippen molar-refractivity contribution in [3.05, 3.63) is 54.1 Å². The first kappa shape index (κ1) is 17.0. The average Bonchev–Trinajstić information content (AvgIpc) is 3.12. The van der Waals surface area contributed by atoms with Gasteiger partial charge in [-0.2, -0.15) is 5.10 Å². The summed E-state index contributed by atoms with van der Waals surface area (Å²) >= 11 is 1.43. The first-order chi connectivity index (χ1) is 12.2. The Labute approximate surface area is 149 Å². The Kier molecular flexibility index (Phi) is 5.35. The SMILES string of the molecule is COc1cccc2c(SCC(=O)N/N=C\c3ccco3)cc(C)nc12. The van der Waals surface area contributed by atoms with Crippen LogP contribution in [0.4, 0.5) is 0 Å². The molecule has 0 unspecified atom stereocenters. The van der Waals surface area contributed by atoms with Crippen molar-refractivity contribution >= 4 is 34.8 Å². The fourth-order valence-corrected chi connectivity index (χ4v) is 3.23. The van der Waals surface area contributed by atoms with Crippen LogP contribution >= 0.6 is 11.8 Å². The molecule has 2 aromatic heterocycles. The van der Waals surface area contributed by atoms with Crippen LogP contribution in [0, 0.1) is 6.92 Å². The average molecular weight is 355 g/mol. The Morgan fingerprint density at radius 2 is 2.28 bits per heavy atom. The predicted molar refractivity (Wildman–Crippen MR) is 98.2 cm³/mol. The highest BCUT2D eigenvalue weighted by molar-refractivity contribution is 8.00. The summed E-state index contributed by atoms with van der Waals surface area (Å²) in [5.41, 5.74) is 4.15. The maximum absolute atomic E-state index is 12.0. The maximum Gasteiger partial charge on any atom is 0.250 e. The van der Waals surface area contributed by atoms with Crippen molar-refractivity contribution in [3.63, 3.8) is 0 Å². The summed E-state index contributed by atoms with van der Waals surface area (Å²) in [5, 5.41) is 4.83. The Balaban J connectivity index is 1.69. The summed E-state index contributed by atoms with van der Waals surface area (Å²) in [5.74, 6) is 1.34. The Bertz CT molecular complexity index is 907. The normalized spacial score (nSPS) is 11.1. The molecule has 2 heterocycles. The molecule has 0 bridgehead atoms. The number of rotatable bonds is 6. The number of carbonyl (C=O) groups is 1. The highest BCUT2D eigenvalue weighted by Crippen LogP contribution is 2.32. The lowest BCUT2D eigenvalue weighted by Gasteiger charge is -2.10. The molecule has 0 saturated carbocycles. The van der Waals surface area contributed by atoms with Gasteiger partial charge in [0.05, 0.1) is 25.3 Å². The van der Waals surface area contributed by atoms with Gasteiger partial charge in [-0.25, -0.2) is 10.4 Å². The van der Waals surface area contributed by atoms with E-state index in [4.69, 9.17) is 9.15 Å². The Morgan fingerprint density at radius 1 is 1.40 bits per heavy atom. The highest BCUT2D eigenvalue weighted by atomic mass is 32.2. The molecule has 0 atom stereocenters. The molecule has 6 nitrogen and oxygen atoms in total. The number of hydrazone groups is 1. The molecular formula is C18H17N3O3S. The van der Waals surface area contributed by atoms with Gasteiger partial charge in [0, 0.05) is 16.0 Å². The largest absolute Gasteiger partial charge is 0.494 e. The summed E-state index contributed by atoms with van der Waals surface area (Å²) in [7, 11) is 1.62. The molecule has 0 spiro atoms. The van der Waals surface area contributed by atoms with E-state index < -0.39 is 0 Å². The lowest BCUT2D eigenvalue weighted by Crippen LogP contribution is -2.19. The van der Waals surface area contributed by atoms with Crippen LogP contribution in [0.3, 0.4) is 0 Å². The molecule has 1 N–H and O–H groups in total. The van der Waals surface area contributed by atoms with Crippen LogP contribution in [-0.2, 0) is 4.79 Å². The number of benzene rings is 1. The van der Waals surface area contributed by atoms with E-state index >= 15 is 0 Å². The number of pyridine rings is 1. The molecule has 0 aliphatic rings. The zero-order valence-electron chi connectivity index (χ0n) is 13.9. The van der Waals surface area contributed by atoms with Gasteiger partial charge in [-0.3, -0.25) is 4.79 Å². The van der Waals surface area contributed by atoms with Gasteiger partial charge in [0.15, 0.2) is 0 Å². The molecule has 3 aromatic rings. The Hall–Kier alpha value is -2.80. The number of aromatic nitrogens is 1. The number of para-hydroxylation sites is 1. The summed E-state index contributed by atoms with van der Waals surface area (Å²) in [6.07, 6.45) is 3.00. The third-order valence-corrected chi connectivity index (χ3v) is 4.45. The van der Waals surface area contributed by atoms with Crippen molar-refractivity contribution in [1.82, 2.24) is 10.4 Å². The van der Waals surface area contributed by atoms with E-state index in [1.165, 1.54) is 18.0 Å². The van der Waals surface area contributed by atoms with Gasteiger partial charge in [-0.1, -0.05) is 12.1 Å². The second-order valence-electron chi connectivity index (χ2n) is 5.22. The molecule has 0 radical (unpaired) electrons. The molecule has 0 fully saturated rings. The molecule has 25 heavy (non-hydrogen) atoms. The van der Waals surface area contributed by atoms with E-state index in [1.54, 1.807) is 25.5 Å². The minimum Gasteiger partial charge on any atom is -0.494 e.